The van der Waals surface area contributed by atoms with Crippen molar-refractivity contribution in [3.8, 4) is 11.5 Å². The second kappa shape index (κ2) is 8.05. The Hall–Kier alpha value is -3.56. The Labute approximate surface area is 171 Å². The molecule has 0 fully saturated rings. The highest BCUT2D eigenvalue weighted by Crippen LogP contribution is 2.30. The number of carbonyl (C=O) groups is 1. The zero-order valence-corrected chi connectivity index (χ0v) is 16.8. The first-order valence-electron chi connectivity index (χ1n) is 9.71. The highest BCUT2D eigenvalue weighted by Gasteiger charge is 2.21. The summed E-state index contributed by atoms with van der Waals surface area (Å²) in [5, 5.41) is 2.86. The van der Waals surface area contributed by atoms with Crippen molar-refractivity contribution in [3.05, 3.63) is 51.4 Å². The van der Waals surface area contributed by atoms with Crippen molar-refractivity contribution in [3.63, 3.8) is 0 Å². The second-order valence-corrected chi connectivity index (χ2v) is 7.22. The molecule has 0 unspecified atom stereocenters. The Morgan fingerprint density at radius 1 is 1.20 bits per heavy atom. The van der Waals surface area contributed by atoms with Crippen LogP contribution in [0.25, 0.3) is 11.2 Å². The van der Waals surface area contributed by atoms with Crippen molar-refractivity contribution < 1.29 is 14.3 Å². The number of nitrogens with zero attached hydrogens (tertiary/aromatic N) is 4. The van der Waals surface area contributed by atoms with Crippen LogP contribution in [0.1, 0.15) is 12.8 Å². The van der Waals surface area contributed by atoms with Crippen LogP contribution in [-0.4, -0.2) is 43.8 Å². The molecule has 1 aliphatic rings. The second-order valence-electron chi connectivity index (χ2n) is 7.22. The maximum Gasteiger partial charge on any atom is 0.332 e. The first kappa shape index (κ1) is 19.7. The Bertz CT molecular complexity index is 1210. The van der Waals surface area contributed by atoms with E-state index < -0.39 is 11.2 Å². The Kier molecular flexibility index (Phi) is 5.30. The third-order valence-electron chi connectivity index (χ3n) is 5.11. The number of aryl methyl sites for hydroxylation is 2. The molecule has 0 saturated heterocycles. The molecule has 30 heavy (non-hydrogen) atoms. The van der Waals surface area contributed by atoms with Gasteiger partial charge in [0.15, 0.2) is 22.7 Å². The van der Waals surface area contributed by atoms with Gasteiger partial charge in [0.1, 0.15) is 12.7 Å². The number of ether oxygens (including phenoxy) is 2. The van der Waals surface area contributed by atoms with Crippen molar-refractivity contribution in [2.45, 2.75) is 25.5 Å². The van der Waals surface area contributed by atoms with E-state index in [-0.39, 0.29) is 18.4 Å². The summed E-state index contributed by atoms with van der Waals surface area (Å²) < 4.78 is 15.5. The minimum atomic E-state index is -0.423. The number of hydrogen-bond acceptors (Lipinski definition) is 6. The molecule has 0 aliphatic carbocycles. The molecule has 0 bridgehead atoms. The number of benzene rings is 1. The summed E-state index contributed by atoms with van der Waals surface area (Å²) in [6.07, 6.45) is 2.09. The number of fused-ring (bicyclic) bond motifs is 2. The summed E-state index contributed by atoms with van der Waals surface area (Å²) in [6, 6.07) is 7.42. The number of para-hydroxylation sites is 2. The molecule has 4 rings (SSSR count). The fourth-order valence-corrected chi connectivity index (χ4v) is 3.46. The fourth-order valence-electron chi connectivity index (χ4n) is 3.46. The molecule has 158 valence electrons. The van der Waals surface area contributed by atoms with Gasteiger partial charge in [-0.05, 0) is 18.6 Å². The van der Waals surface area contributed by atoms with E-state index in [0.717, 1.165) is 4.57 Å². The van der Waals surface area contributed by atoms with Crippen LogP contribution < -0.4 is 26.0 Å². The van der Waals surface area contributed by atoms with E-state index in [9.17, 15) is 14.4 Å². The number of carbonyl (C=O) groups excluding carboxylic acids is 1. The predicted octanol–water partition coefficient (Wildman–Crippen LogP) is 0.170. The minimum Gasteiger partial charge on any atom is -0.486 e. The summed E-state index contributed by atoms with van der Waals surface area (Å²) in [5.41, 5.74) is -0.132. The Morgan fingerprint density at radius 3 is 2.77 bits per heavy atom. The molecule has 0 radical (unpaired) electrons. The summed E-state index contributed by atoms with van der Waals surface area (Å²) in [6.45, 7) is 1.16. The number of amides is 1. The molecule has 0 spiro atoms. The number of aromatic nitrogens is 4. The van der Waals surface area contributed by atoms with Crippen LogP contribution >= 0.6 is 0 Å². The topological polar surface area (TPSA) is 109 Å². The van der Waals surface area contributed by atoms with Gasteiger partial charge in [-0.15, -0.1) is 0 Å². The molecule has 0 saturated carbocycles. The van der Waals surface area contributed by atoms with Gasteiger partial charge in [0, 0.05) is 27.1 Å². The van der Waals surface area contributed by atoms with Crippen molar-refractivity contribution >= 4 is 17.1 Å². The lowest BCUT2D eigenvalue weighted by Crippen LogP contribution is -2.40. The van der Waals surface area contributed by atoms with Crippen LogP contribution in [0.2, 0.25) is 0 Å². The highest BCUT2D eigenvalue weighted by atomic mass is 16.6. The Morgan fingerprint density at radius 2 is 1.97 bits per heavy atom. The molecule has 3 aromatic rings. The van der Waals surface area contributed by atoms with Gasteiger partial charge in [0.2, 0.25) is 5.91 Å². The zero-order valence-electron chi connectivity index (χ0n) is 16.8. The van der Waals surface area contributed by atoms with E-state index >= 15 is 0 Å². The average Bonchev–Trinajstić information content (AvgIpc) is 3.18. The third kappa shape index (κ3) is 3.68. The van der Waals surface area contributed by atoms with Gasteiger partial charge in [-0.25, -0.2) is 9.78 Å². The first-order chi connectivity index (χ1) is 14.5. The third-order valence-corrected chi connectivity index (χ3v) is 5.11. The van der Waals surface area contributed by atoms with Gasteiger partial charge >= 0.3 is 5.69 Å². The van der Waals surface area contributed by atoms with Crippen molar-refractivity contribution in [2.75, 3.05) is 13.2 Å². The SMILES string of the molecule is Cn1c(=O)c2c(ncn2CCCC(=O)NC[C@@H]2COc3ccccc3O2)n(C)c1=O. The summed E-state index contributed by atoms with van der Waals surface area (Å²) in [7, 11) is 3.01. The van der Waals surface area contributed by atoms with Crippen LogP contribution in [0.4, 0.5) is 0 Å². The molecular weight excluding hydrogens is 390 g/mol. The van der Waals surface area contributed by atoms with E-state index in [1.165, 1.54) is 17.9 Å². The molecule has 3 heterocycles. The molecule has 10 nitrogen and oxygen atoms in total. The van der Waals surface area contributed by atoms with Gasteiger partial charge in [-0.2, -0.15) is 0 Å². The molecule has 2 aromatic heterocycles. The lowest BCUT2D eigenvalue weighted by Gasteiger charge is -2.26. The fraction of sp³-hybridized carbons (Fsp3) is 0.400. The molecule has 1 amide bonds. The van der Waals surface area contributed by atoms with Crippen molar-refractivity contribution in [1.82, 2.24) is 24.0 Å². The predicted molar refractivity (Wildman–Crippen MR) is 109 cm³/mol. The van der Waals surface area contributed by atoms with Crippen LogP contribution in [0.15, 0.2) is 40.2 Å². The lowest BCUT2D eigenvalue weighted by molar-refractivity contribution is -0.121. The van der Waals surface area contributed by atoms with Crippen LogP contribution in [0, 0.1) is 0 Å². The molecule has 1 aromatic carbocycles. The largest absolute Gasteiger partial charge is 0.486 e. The minimum absolute atomic E-state index is 0.109. The van der Waals surface area contributed by atoms with Gasteiger partial charge in [0.05, 0.1) is 12.9 Å². The summed E-state index contributed by atoms with van der Waals surface area (Å²) >= 11 is 0. The maximum absolute atomic E-state index is 12.4. The van der Waals surface area contributed by atoms with E-state index in [1.807, 2.05) is 24.3 Å². The highest BCUT2D eigenvalue weighted by molar-refractivity contribution is 5.76. The van der Waals surface area contributed by atoms with Crippen LogP contribution in [0.5, 0.6) is 11.5 Å². The first-order valence-corrected chi connectivity index (χ1v) is 9.71. The number of imidazole rings is 1. The quantitative estimate of drug-likeness (QED) is 0.617. The van der Waals surface area contributed by atoms with E-state index in [2.05, 4.69) is 10.3 Å². The molecule has 1 N–H and O–H groups in total. The van der Waals surface area contributed by atoms with Crippen molar-refractivity contribution in [1.29, 1.82) is 0 Å². The monoisotopic (exact) mass is 413 g/mol. The Balaban J connectivity index is 1.30. The van der Waals surface area contributed by atoms with E-state index in [0.29, 0.717) is 48.8 Å². The van der Waals surface area contributed by atoms with Crippen LogP contribution in [-0.2, 0) is 25.4 Å². The molecule has 10 heteroatoms. The molecular formula is C20H23N5O5. The lowest BCUT2D eigenvalue weighted by atomic mass is 10.2. The van der Waals surface area contributed by atoms with Crippen LogP contribution in [0.3, 0.4) is 0 Å². The number of rotatable bonds is 6. The van der Waals surface area contributed by atoms with Crippen molar-refractivity contribution in [2.24, 2.45) is 14.1 Å². The molecule has 1 aliphatic heterocycles. The van der Waals surface area contributed by atoms with E-state index in [1.54, 1.807) is 11.6 Å². The summed E-state index contributed by atoms with van der Waals surface area (Å²) in [5.74, 6) is 1.27. The van der Waals surface area contributed by atoms with Gasteiger partial charge in [0.25, 0.3) is 5.56 Å². The number of hydrogen-bond donors (Lipinski definition) is 1. The van der Waals surface area contributed by atoms with Gasteiger partial charge < -0.3 is 19.4 Å². The van der Waals surface area contributed by atoms with Gasteiger partial charge in [-0.3, -0.25) is 18.7 Å². The summed E-state index contributed by atoms with van der Waals surface area (Å²) in [4.78, 5) is 40.8. The number of nitrogens with one attached hydrogen (secondary N) is 1. The normalized spacial score (nSPS) is 15.3. The standard InChI is InChI=1S/C20H23N5O5/c1-23-18-17(19(27)24(2)20(23)28)25(12-22-18)9-5-8-16(26)21-10-13-11-29-14-6-3-4-7-15(14)30-13/h3-4,6-7,12-13H,5,8-11H2,1-2H3,(H,21,26)/t13-/m1/s1. The maximum atomic E-state index is 12.4. The van der Waals surface area contributed by atoms with E-state index in [4.69, 9.17) is 9.47 Å². The average molecular weight is 413 g/mol. The zero-order chi connectivity index (χ0) is 21.3. The molecule has 1 atom stereocenters. The van der Waals surface area contributed by atoms with Gasteiger partial charge in [-0.1, -0.05) is 12.1 Å². The smallest absolute Gasteiger partial charge is 0.332 e.